The second kappa shape index (κ2) is 6.33. The molecule has 3 nitrogen and oxygen atoms in total. The van der Waals surface area contributed by atoms with Gasteiger partial charge in [0, 0.05) is 15.4 Å². The van der Waals surface area contributed by atoms with Gasteiger partial charge in [-0.05, 0) is 35.2 Å². The summed E-state index contributed by atoms with van der Waals surface area (Å²) >= 11 is 3.19. The molecule has 1 aromatic heterocycles. The molecular weight excluding hydrogens is 390 g/mol. The Kier molecular flexibility index (Phi) is 4.49. The largest absolute Gasteiger partial charge is 0.277 e. The van der Waals surface area contributed by atoms with Crippen LogP contribution in [0.4, 0.5) is 8.78 Å². The highest BCUT2D eigenvalue weighted by atomic mass is 79.9. The molecule has 0 fully saturated rings. The molecule has 0 aliphatic heterocycles. The number of halogens is 3. The summed E-state index contributed by atoms with van der Waals surface area (Å²) in [6.45, 7) is 5.85. The lowest BCUT2D eigenvalue weighted by Crippen LogP contribution is -2.25. The number of nitrogens with zero attached hydrogens (tertiary/aromatic N) is 2. The van der Waals surface area contributed by atoms with E-state index in [-0.39, 0.29) is 17.3 Å². The van der Waals surface area contributed by atoms with Crippen molar-refractivity contribution in [1.82, 2.24) is 9.78 Å². The van der Waals surface area contributed by atoms with Crippen molar-refractivity contribution in [3.05, 3.63) is 74.1 Å². The number of benzene rings is 2. The standard InChI is InChI=1S/C19H17BrF2N2O/c1-19(2,3)13-6-12-9-23-24(18(25)17(12)16(22)7-13)10-11-4-5-14(20)8-15(11)21/h4-9H,10H2,1-3H3. The summed E-state index contributed by atoms with van der Waals surface area (Å²) in [6.07, 6.45) is 1.45. The Morgan fingerprint density at radius 3 is 2.48 bits per heavy atom. The molecule has 1 heterocycles. The Balaban J connectivity index is 2.11. The van der Waals surface area contributed by atoms with Crippen molar-refractivity contribution in [1.29, 1.82) is 0 Å². The Bertz CT molecular complexity index is 1020. The zero-order valence-corrected chi connectivity index (χ0v) is 15.7. The van der Waals surface area contributed by atoms with Gasteiger partial charge in [-0.2, -0.15) is 5.10 Å². The van der Waals surface area contributed by atoms with Crippen molar-refractivity contribution in [2.75, 3.05) is 0 Å². The summed E-state index contributed by atoms with van der Waals surface area (Å²) in [6, 6.07) is 7.72. The van der Waals surface area contributed by atoms with Gasteiger partial charge in [0.2, 0.25) is 0 Å². The zero-order chi connectivity index (χ0) is 18.4. The molecule has 0 N–H and O–H groups in total. The fourth-order valence-corrected chi connectivity index (χ4v) is 2.96. The summed E-state index contributed by atoms with van der Waals surface area (Å²) in [7, 11) is 0. The fraction of sp³-hybridized carbons (Fsp3) is 0.263. The summed E-state index contributed by atoms with van der Waals surface area (Å²) in [5.74, 6) is -1.04. The minimum Gasteiger partial charge on any atom is -0.267 e. The summed E-state index contributed by atoms with van der Waals surface area (Å²) in [5.41, 5.74) is 0.279. The first kappa shape index (κ1) is 17.7. The molecule has 0 saturated carbocycles. The molecule has 3 rings (SSSR count). The maximum absolute atomic E-state index is 14.6. The van der Waals surface area contributed by atoms with Gasteiger partial charge in [-0.3, -0.25) is 4.79 Å². The van der Waals surface area contributed by atoms with Crippen molar-refractivity contribution in [2.45, 2.75) is 32.7 Å². The average molecular weight is 407 g/mol. The number of aromatic nitrogens is 2. The van der Waals surface area contributed by atoms with Crippen molar-refractivity contribution in [2.24, 2.45) is 0 Å². The van der Waals surface area contributed by atoms with Gasteiger partial charge in [0.05, 0.1) is 18.1 Å². The summed E-state index contributed by atoms with van der Waals surface area (Å²) in [5, 5.41) is 4.51. The van der Waals surface area contributed by atoms with Gasteiger partial charge in [-0.15, -0.1) is 0 Å². The van der Waals surface area contributed by atoms with Crippen LogP contribution in [0, 0.1) is 11.6 Å². The Morgan fingerprint density at radius 1 is 1.12 bits per heavy atom. The minimum atomic E-state index is -0.583. The van der Waals surface area contributed by atoms with Crippen molar-refractivity contribution < 1.29 is 8.78 Å². The van der Waals surface area contributed by atoms with E-state index in [1.54, 1.807) is 18.2 Å². The van der Waals surface area contributed by atoms with Crippen molar-refractivity contribution >= 4 is 26.7 Å². The molecule has 6 heteroatoms. The third-order valence-electron chi connectivity index (χ3n) is 4.11. The molecule has 0 radical (unpaired) electrons. The van der Waals surface area contributed by atoms with Crippen LogP contribution in [0.2, 0.25) is 0 Å². The number of hydrogen-bond acceptors (Lipinski definition) is 2. The number of hydrogen-bond donors (Lipinski definition) is 0. The smallest absolute Gasteiger partial charge is 0.267 e. The van der Waals surface area contributed by atoms with Crippen LogP contribution in [0.1, 0.15) is 31.9 Å². The SMILES string of the molecule is CC(C)(C)c1cc(F)c2c(=O)n(Cc3ccc(Br)cc3F)ncc2c1. The quantitative estimate of drug-likeness (QED) is 0.613. The first-order valence-electron chi connectivity index (χ1n) is 7.80. The van der Waals surface area contributed by atoms with Crippen LogP contribution in [0.15, 0.2) is 45.8 Å². The second-order valence-electron chi connectivity index (χ2n) is 7.02. The molecule has 0 aliphatic carbocycles. The molecule has 130 valence electrons. The first-order chi connectivity index (χ1) is 11.7. The maximum atomic E-state index is 14.6. The molecule has 0 spiro atoms. The maximum Gasteiger partial charge on any atom is 0.277 e. The van der Waals surface area contributed by atoms with Crippen LogP contribution in [0.25, 0.3) is 10.8 Å². The highest BCUT2D eigenvalue weighted by molar-refractivity contribution is 9.10. The van der Waals surface area contributed by atoms with E-state index in [4.69, 9.17) is 0 Å². The van der Waals surface area contributed by atoms with Crippen LogP contribution in [-0.4, -0.2) is 9.78 Å². The monoisotopic (exact) mass is 406 g/mol. The van der Waals surface area contributed by atoms with Crippen LogP contribution < -0.4 is 5.56 Å². The third kappa shape index (κ3) is 3.49. The number of rotatable bonds is 2. The molecule has 25 heavy (non-hydrogen) atoms. The third-order valence-corrected chi connectivity index (χ3v) is 4.60. The van der Waals surface area contributed by atoms with E-state index < -0.39 is 17.2 Å². The molecule has 3 aromatic rings. The molecule has 0 aliphatic rings. The minimum absolute atomic E-state index is 0.0273. The fourth-order valence-electron chi connectivity index (χ4n) is 2.63. The summed E-state index contributed by atoms with van der Waals surface area (Å²) in [4.78, 5) is 12.6. The van der Waals surface area contributed by atoms with Crippen LogP contribution in [-0.2, 0) is 12.0 Å². The average Bonchev–Trinajstić information content (AvgIpc) is 2.51. The predicted molar refractivity (Wildman–Crippen MR) is 97.9 cm³/mol. The van der Waals surface area contributed by atoms with E-state index in [0.29, 0.717) is 15.4 Å². The normalized spacial score (nSPS) is 11.9. The zero-order valence-electron chi connectivity index (χ0n) is 14.1. The van der Waals surface area contributed by atoms with E-state index >= 15 is 0 Å². The Labute approximate surface area is 152 Å². The molecular formula is C19H17BrF2N2O. The van der Waals surface area contributed by atoms with E-state index in [2.05, 4.69) is 21.0 Å². The van der Waals surface area contributed by atoms with E-state index in [0.717, 1.165) is 10.2 Å². The molecule has 2 aromatic carbocycles. The van der Waals surface area contributed by atoms with E-state index in [9.17, 15) is 13.6 Å². The lowest BCUT2D eigenvalue weighted by molar-refractivity contribution is 0.566. The topological polar surface area (TPSA) is 34.9 Å². The summed E-state index contributed by atoms with van der Waals surface area (Å²) < 4.78 is 30.2. The van der Waals surface area contributed by atoms with Gasteiger partial charge < -0.3 is 0 Å². The highest BCUT2D eigenvalue weighted by Gasteiger charge is 2.18. The first-order valence-corrected chi connectivity index (χ1v) is 8.60. The van der Waals surface area contributed by atoms with Crippen LogP contribution in [0.3, 0.4) is 0 Å². The van der Waals surface area contributed by atoms with Crippen LogP contribution in [0.5, 0.6) is 0 Å². The van der Waals surface area contributed by atoms with Crippen molar-refractivity contribution in [3.63, 3.8) is 0 Å². The Hall–Kier alpha value is -2.08. The van der Waals surface area contributed by atoms with Crippen molar-refractivity contribution in [3.8, 4) is 0 Å². The van der Waals surface area contributed by atoms with Gasteiger partial charge >= 0.3 is 0 Å². The van der Waals surface area contributed by atoms with Crippen LogP contribution >= 0.6 is 15.9 Å². The van der Waals surface area contributed by atoms with E-state index in [1.807, 2.05) is 20.8 Å². The number of fused-ring (bicyclic) bond motifs is 1. The highest BCUT2D eigenvalue weighted by Crippen LogP contribution is 2.26. The molecule has 0 atom stereocenters. The lowest BCUT2D eigenvalue weighted by atomic mass is 9.86. The molecule has 0 bridgehead atoms. The van der Waals surface area contributed by atoms with Gasteiger partial charge in [-0.25, -0.2) is 13.5 Å². The van der Waals surface area contributed by atoms with Gasteiger partial charge in [-0.1, -0.05) is 42.8 Å². The van der Waals surface area contributed by atoms with Gasteiger partial charge in [0.15, 0.2) is 0 Å². The Morgan fingerprint density at radius 2 is 1.84 bits per heavy atom. The predicted octanol–water partition coefficient (Wildman–Crippen LogP) is 4.78. The molecule has 0 saturated heterocycles. The van der Waals surface area contributed by atoms with E-state index in [1.165, 1.54) is 18.3 Å². The molecule has 0 amide bonds. The molecule has 0 unspecified atom stereocenters. The lowest BCUT2D eigenvalue weighted by Gasteiger charge is -2.19. The van der Waals surface area contributed by atoms with Gasteiger partial charge in [0.1, 0.15) is 11.6 Å². The van der Waals surface area contributed by atoms with Gasteiger partial charge in [0.25, 0.3) is 5.56 Å². The second-order valence-corrected chi connectivity index (χ2v) is 7.93.